The second-order valence-electron chi connectivity index (χ2n) is 5.14. The molecule has 26 heavy (non-hydrogen) atoms. The molecule has 0 bridgehead atoms. The number of amides is 1. The van der Waals surface area contributed by atoms with Crippen LogP contribution in [0.2, 0.25) is 5.02 Å². The maximum Gasteiger partial charge on any atom is 0.379 e. The molecule has 134 valence electrons. The van der Waals surface area contributed by atoms with Crippen molar-refractivity contribution in [2.24, 2.45) is 0 Å². The van der Waals surface area contributed by atoms with Crippen molar-refractivity contribution in [1.82, 2.24) is 4.90 Å². The highest BCUT2D eigenvalue weighted by atomic mass is 35.5. The Kier molecular flexibility index (Phi) is 5.36. The summed E-state index contributed by atoms with van der Waals surface area (Å²) in [5.74, 6) is -0.538. The van der Waals surface area contributed by atoms with Crippen LogP contribution >= 0.6 is 35.6 Å². The van der Waals surface area contributed by atoms with Gasteiger partial charge in [0.2, 0.25) is 5.76 Å². The third-order valence-corrected chi connectivity index (χ3v) is 5.22. The minimum absolute atomic E-state index is 0.0406. The van der Waals surface area contributed by atoms with Gasteiger partial charge in [0.15, 0.2) is 11.5 Å². The zero-order valence-electron chi connectivity index (χ0n) is 13.6. The monoisotopic (exact) mass is 409 g/mol. The van der Waals surface area contributed by atoms with Crippen LogP contribution in [0, 0.1) is 0 Å². The first-order chi connectivity index (χ1) is 12.4. The number of esters is 1. The summed E-state index contributed by atoms with van der Waals surface area (Å²) in [5.41, 5.74) is 0.610. The molecule has 1 aromatic carbocycles. The largest absolute Gasteiger partial charge is 0.493 e. The molecule has 0 atom stereocenters. The molecular formula is C17H12ClNO5S2. The molecule has 2 aromatic rings. The molecule has 0 saturated carbocycles. The summed E-state index contributed by atoms with van der Waals surface area (Å²) in [6.45, 7) is 0. The predicted octanol–water partition coefficient (Wildman–Crippen LogP) is 3.99. The van der Waals surface area contributed by atoms with E-state index in [9.17, 15) is 9.59 Å². The summed E-state index contributed by atoms with van der Waals surface area (Å²) in [6, 6.07) is 6.22. The summed E-state index contributed by atoms with van der Waals surface area (Å²) in [4.78, 5) is 26.0. The van der Waals surface area contributed by atoms with E-state index in [1.54, 1.807) is 31.3 Å². The van der Waals surface area contributed by atoms with E-state index in [4.69, 9.17) is 37.7 Å². The molecule has 9 heteroatoms. The first kappa shape index (κ1) is 18.5. The van der Waals surface area contributed by atoms with Gasteiger partial charge in [-0.2, -0.15) is 0 Å². The summed E-state index contributed by atoms with van der Waals surface area (Å²) in [7, 11) is 3.04. The predicted molar refractivity (Wildman–Crippen MR) is 103 cm³/mol. The Morgan fingerprint density at radius 3 is 2.77 bits per heavy atom. The lowest BCUT2D eigenvalue weighted by Gasteiger charge is -2.11. The van der Waals surface area contributed by atoms with Gasteiger partial charge in [-0.3, -0.25) is 9.69 Å². The van der Waals surface area contributed by atoms with Crippen LogP contribution < -0.4 is 9.47 Å². The van der Waals surface area contributed by atoms with E-state index >= 15 is 0 Å². The average Bonchev–Trinajstić information content (AvgIpc) is 3.23. The number of hydrogen-bond donors (Lipinski definition) is 0. The molecule has 0 aliphatic carbocycles. The number of halogens is 1. The van der Waals surface area contributed by atoms with E-state index in [-0.39, 0.29) is 28.2 Å². The Hall–Kier alpha value is -2.29. The van der Waals surface area contributed by atoms with Crippen LogP contribution in [0.1, 0.15) is 16.1 Å². The lowest BCUT2D eigenvalue weighted by atomic mass is 10.1. The van der Waals surface area contributed by atoms with Crippen molar-refractivity contribution in [3.63, 3.8) is 0 Å². The summed E-state index contributed by atoms with van der Waals surface area (Å²) in [6.07, 6.45) is 3.01. The summed E-state index contributed by atoms with van der Waals surface area (Å²) < 4.78 is 16.0. The van der Waals surface area contributed by atoms with E-state index < -0.39 is 5.97 Å². The van der Waals surface area contributed by atoms with Crippen molar-refractivity contribution in [2.75, 3.05) is 14.2 Å². The lowest BCUT2D eigenvalue weighted by molar-refractivity contribution is -0.121. The van der Waals surface area contributed by atoms with Crippen molar-refractivity contribution >= 4 is 57.9 Å². The second kappa shape index (κ2) is 7.53. The highest BCUT2D eigenvalue weighted by Gasteiger charge is 2.29. The minimum Gasteiger partial charge on any atom is -0.493 e. The number of furan rings is 1. The number of carbonyl (C=O) groups is 2. The number of rotatable bonds is 4. The standard InChI is InChI=1S/C17H12ClNO5S2/c1-19-15(20)13(26-17(19)25)8-9-6-10(18)14(12(7-9)22-2)24-16(21)11-4-3-5-23-11/h3-8H,1-2H3/b13-8-. The molecule has 6 nitrogen and oxygen atoms in total. The van der Waals surface area contributed by atoms with Crippen molar-refractivity contribution in [2.45, 2.75) is 0 Å². The molecule has 1 aromatic heterocycles. The minimum atomic E-state index is -0.699. The number of thiocarbonyl (C=S) groups is 1. The van der Waals surface area contributed by atoms with E-state index in [0.29, 0.717) is 14.8 Å². The molecule has 1 saturated heterocycles. The Morgan fingerprint density at radius 1 is 1.42 bits per heavy atom. The molecule has 3 rings (SSSR count). The highest BCUT2D eigenvalue weighted by Crippen LogP contribution is 2.39. The van der Waals surface area contributed by atoms with Crippen LogP contribution in [0.25, 0.3) is 6.08 Å². The fourth-order valence-corrected chi connectivity index (χ4v) is 3.59. The third-order valence-electron chi connectivity index (χ3n) is 3.45. The second-order valence-corrected chi connectivity index (χ2v) is 7.22. The van der Waals surface area contributed by atoms with Gasteiger partial charge in [0, 0.05) is 7.05 Å². The maximum absolute atomic E-state index is 12.1. The van der Waals surface area contributed by atoms with Crippen LogP contribution in [-0.4, -0.2) is 35.3 Å². The van der Waals surface area contributed by atoms with Crippen LogP contribution in [0.5, 0.6) is 11.5 Å². The molecule has 2 heterocycles. The van der Waals surface area contributed by atoms with Gasteiger partial charge in [0.05, 0.1) is 23.3 Å². The van der Waals surface area contributed by atoms with E-state index in [2.05, 4.69) is 0 Å². The van der Waals surface area contributed by atoms with Crippen LogP contribution in [-0.2, 0) is 4.79 Å². The lowest BCUT2D eigenvalue weighted by Crippen LogP contribution is -2.22. The van der Waals surface area contributed by atoms with E-state index in [0.717, 1.165) is 0 Å². The SMILES string of the molecule is COc1cc(/C=C2\SC(=S)N(C)C2=O)cc(Cl)c1OC(=O)c1ccco1. The molecule has 1 aliphatic heterocycles. The topological polar surface area (TPSA) is 69.0 Å². The molecule has 1 amide bonds. The zero-order valence-corrected chi connectivity index (χ0v) is 16.0. The smallest absolute Gasteiger partial charge is 0.379 e. The van der Waals surface area contributed by atoms with E-state index in [1.165, 1.54) is 36.1 Å². The fourth-order valence-electron chi connectivity index (χ4n) is 2.16. The van der Waals surface area contributed by atoms with Gasteiger partial charge in [-0.25, -0.2) is 4.79 Å². The molecule has 0 N–H and O–H groups in total. The van der Waals surface area contributed by atoms with Crippen LogP contribution in [0.15, 0.2) is 39.9 Å². The Balaban J connectivity index is 1.92. The normalized spacial score (nSPS) is 15.7. The Bertz CT molecular complexity index is 923. The molecular weight excluding hydrogens is 398 g/mol. The number of hydrogen-bond acceptors (Lipinski definition) is 7. The fraction of sp³-hybridized carbons (Fsp3) is 0.118. The summed E-state index contributed by atoms with van der Waals surface area (Å²) >= 11 is 12.6. The van der Waals surface area contributed by atoms with Crippen LogP contribution in [0.4, 0.5) is 0 Å². The van der Waals surface area contributed by atoms with Gasteiger partial charge in [-0.15, -0.1) is 0 Å². The number of ether oxygens (including phenoxy) is 2. The van der Waals surface area contributed by atoms with Gasteiger partial charge in [-0.1, -0.05) is 35.6 Å². The molecule has 0 unspecified atom stereocenters. The number of benzene rings is 1. The average molecular weight is 410 g/mol. The molecule has 1 aliphatic rings. The van der Waals surface area contributed by atoms with Gasteiger partial charge in [0.1, 0.15) is 4.32 Å². The van der Waals surface area contributed by atoms with E-state index in [1.807, 2.05) is 0 Å². The third kappa shape index (κ3) is 3.62. The quantitative estimate of drug-likeness (QED) is 0.327. The first-order valence-corrected chi connectivity index (χ1v) is 8.85. The van der Waals surface area contributed by atoms with Gasteiger partial charge < -0.3 is 13.9 Å². The number of likely N-dealkylation sites (N-methyl/N-ethyl adjacent to an activating group) is 1. The first-order valence-electron chi connectivity index (χ1n) is 7.25. The number of methoxy groups -OCH3 is 1. The Morgan fingerprint density at radius 2 is 2.19 bits per heavy atom. The number of carbonyl (C=O) groups excluding carboxylic acids is 2. The highest BCUT2D eigenvalue weighted by molar-refractivity contribution is 8.26. The Labute approximate surface area is 163 Å². The molecule has 0 radical (unpaired) electrons. The number of thioether (sulfide) groups is 1. The number of nitrogens with zero attached hydrogens (tertiary/aromatic N) is 1. The maximum atomic E-state index is 12.1. The van der Waals surface area contributed by atoms with Gasteiger partial charge >= 0.3 is 5.97 Å². The van der Waals surface area contributed by atoms with Crippen molar-refractivity contribution in [3.05, 3.63) is 51.8 Å². The molecule has 0 spiro atoms. The zero-order chi connectivity index (χ0) is 18.8. The summed E-state index contributed by atoms with van der Waals surface area (Å²) in [5, 5.41) is 0.155. The van der Waals surface area contributed by atoms with Gasteiger partial charge in [0.25, 0.3) is 5.91 Å². The van der Waals surface area contributed by atoms with Crippen molar-refractivity contribution in [3.8, 4) is 11.5 Å². The molecule has 1 fully saturated rings. The van der Waals surface area contributed by atoms with Crippen LogP contribution in [0.3, 0.4) is 0 Å². The van der Waals surface area contributed by atoms with Crippen molar-refractivity contribution in [1.29, 1.82) is 0 Å². The van der Waals surface area contributed by atoms with Crippen molar-refractivity contribution < 1.29 is 23.5 Å². The van der Waals surface area contributed by atoms with Gasteiger partial charge in [-0.05, 0) is 35.9 Å².